The molecule has 2 rings (SSSR count). The van der Waals surface area contributed by atoms with Crippen molar-refractivity contribution in [2.24, 2.45) is 5.92 Å². The summed E-state index contributed by atoms with van der Waals surface area (Å²) < 4.78 is 0. The molecule has 3 N–H and O–H groups in total. The van der Waals surface area contributed by atoms with Crippen LogP contribution in [0.25, 0.3) is 0 Å². The highest BCUT2D eigenvalue weighted by atomic mass is 16.6. The molecule has 29 heavy (non-hydrogen) atoms. The first kappa shape index (κ1) is 22.8. The largest absolute Gasteiger partial charge is 0.465 e. The van der Waals surface area contributed by atoms with E-state index in [0.29, 0.717) is 13.0 Å². The number of Topliss-reactive ketones (excluding diaryl/α,β-unsaturated/α-hetero) is 1. The summed E-state index contributed by atoms with van der Waals surface area (Å²) in [5.74, 6) is -1.11. The second-order valence-corrected chi connectivity index (χ2v) is 7.29. The summed E-state index contributed by atoms with van der Waals surface area (Å²) in [5.41, 5.74) is 3.33. The normalized spacial score (nSPS) is 17.6. The molecule has 8 heteroatoms. The number of nitrogens with one attached hydrogen (secondary N) is 2. The zero-order valence-corrected chi connectivity index (χ0v) is 16.9. The van der Waals surface area contributed by atoms with Crippen molar-refractivity contribution in [2.45, 2.75) is 51.7 Å². The number of amides is 2. The van der Waals surface area contributed by atoms with E-state index in [1.807, 2.05) is 30.3 Å². The molecule has 0 unspecified atom stereocenters. The number of hydrogen-bond acceptors (Lipinski definition) is 5. The van der Waals surface area contributed by atoms with Gasteiger partial charge in [0.05, 0.1) is 6.61 Å². The molecule has 1 saturated heterocycles. The molecule has 0 saturated carbocycles. The van der Waals surface area contributed by atoms with Crippen LogP contribution in [-0.4, -0.2) is 53.5 Å². The molecule has 1 aromatic carbocycles. The van der Waals surface area contributed by atoms with Crippen molar-refractivity contribution < 1.29 is 24.3 Å². The van der Waals surface area contributed by atoms with Gasteiger partial charge < -0.3 is 10.4 Å². The topological polar surface area (TPSA) is 108 Å². The maximum atomic E-state index is 13.1. The molecular formula is C21H31N3O5. The van der Waals surface area contributed by atoms with Crippen molar-refractivity contribution in [1.82, 2.24) is 15.7 Å². The summed E-state index contributed by atoms with van der Waals surface area (Å²) in [6.07, 6.45) is 2.22. The zero-order valence-electron chi connectivity index (χ0n) is 16.9. The van der Waals surface area contributed by atoms with Gasteiger partial charge in [-0.3, -0.25) is 19.3 Å². The molecule has 1 aliphatic heterocycles. The van der Waals surface area contributed by atoms with Crippen LogP contribution in [0.1, 0.15) is 44.6 Å². The Labute approximate surface area is 171 Å². The fraction of sp³-hybridized carbons (Fsp3) is 0.571. The molecule has 2 atom stereocenters. The number of carbonyl (C=O) groups excluding carboxylic acids is 2. The molecule has 2 amide bonds. The second kappa shape index (κ2) is 12.2. The third kappa shape index (κ3) is 7.47. The van der Waals surface area contributed by atoms with Crippen molar-refractivity contribution in [3.05, 3.63) is 35.9 Å². The van der Waals surface area contributed by atoms with Crippen LogP contribution in [0.3, 0.4) is 0 Å². The van der Waals surface area contributed by atoms with Gasteiger partial charge in [0.15, 0.2) is 5.78 Å². The first-order chi connectivity index (χ1) is 14.0. The number of carboxylic acid groups (broad SMARTS) is 1. The molecule has 0 aromatic heterocycles. The van der Waals surface area contributed by atoms with Gasteiger partial charge in [-0.15, -0.1) is 0 Å². The number of hydrogen-bond donors (Lipinski definition) is 3. The van der Waals surface area contributed by atoms with E-state index in [1.54, 1.807) is 0 Å². The summed E-state index contributed by atoms with van der Waals surface area (Å²) >= 11 is 0. The van der Waals surface area contributed by atoms with Gasteiger partial charge in [-0.05, 0) is 12.0 Å². The third-order valence-electron chi connectivity index (χ3n) is 5.08. The standard InChI is InChI=1S/C21H31N3O5/c1-2-3-5-10-17(20(26)18-14-22-11-12-24(18)21(27)28)13-19(25)23-29-15-16-8-6-4-7-9-16/h4,6-9,17-18,22H,2-3,5,10-15H2,1H3,(H,23,25)(H,27,28)/t17-,18-/m0/s1. The molecule has 0 spiro atoms. The van der Waals surface area contributed by atoms with E-state index >= 15 is 0 Å². The molecule has 0 radical (unpaired) electrons. The number of nitrogens with zero attached hydrogens (tertiary/aromatic N) is 1. The highest BCUT2D eigenvalue weighted by molar-refractivity contribution is 5.92. The molecule has 1 fully saturated rings. The predicted octanol–water partition coefficient (Wildman–Crippen LogP) is 2.34. The van der Waals surface area contributed by atoms with E-state index < -0.39 is 18.1 Å². The lowest BCUT2D eigenvalue weighted by Crippen LogP contribution is -2.58. The number of benzene rings is 1. The van der Waals surface area contributed by atoms with Crippen LogP contribution in [-0.2, 0) is 21.0 Å². The van der Waals surface area contributed by atoms with Crippen LogP contribution in [0.4, 0.5) is 4.79 Å². The quantitative estimate of drug-likeness (QED) is 0.385. The summed E-state index contributed by atoms with van der Waals surface area (Å²) in [7, 11) is 0. The number of rotatable bonds is 11. The smallest absolute Gasteiger partial charge is 0.408 e. The van der Waals surface area contributed by atoms with Crippen molar-refractivity contribution >= 4 is 17.8 Å². The van der Waals surface area contributed by atoms with Gasteiger partial charge in [-0.25, -0.2) is 10.3 Å². The van der Waals surface area contributed by atoms with Gasteiger partial charge in [0.25, 0.3) is 0 Å². The summed E-state index contributed by atoms with van der Waals surface area (Å²) in [5, 5.41) is 12.5. The summed E-state index contributed by atoms with van der Waals surface area (Å²) in [6.45, 7) is 3.37. The number of unbranched alkanes of at least 4 members (excludes halogenated alkanes) is 2. The third-order valence-corrected chi connectivity index (χ3v) is 5.08. The van der Waals surface area contributed by atoms with Crippen molar-refractivity contribution in [2.75, 3.05) is 19.6 Å². The SMILES string of the molecule is CCCCC[C@@H](CC(=O)NOCc1ccccc1)C(=O)[C@@H]1CNCCN1C(=O)O. The number of piperazine rings is 1. The Kier molecular flexibility index (Phi) is 9.59. The second-order valence-electron chi connectivity index (χ2n) is 7.29. The van der Waals surface area contributed by atoms with E-state index in [9.17, 15) is 19.5 Å². The molecule has 160 valence electrons. The Balaban J connectivity index is 1.93. The van der Waals surface area contributed by atoms with Gasteiger partial charge in [-0.2, -0.15) is 0 Å². The lowest BCUT2D eigenvalue weighted by molar-refractivity contribution is -0.139. The number of ketones is 1. The molecular weight excluding hydrogens is 374 g/mol. The zero-order chi connectivity index (χ0) is 21.1. The van der Waals surface area contributed by atoms with Crippen LogP contribution >= 0.6 is 0 Å². The lowest BCUT2D eigenvalue weighted by Gasteiger charge is -2.35. The van der Waals surface area contributed by atoms with Gasteiger partial charge in [0.1, 0.15) is 6.04 Å². The molecule has 0 bridgehead atoms. The van der Waals surface area contributed by atoms with Crippen LogP contribution in [0.15, 0.2) is 30.3 Å². The Morgan fingerprint density at radius 2 is 2.03 bits per heavy atom. The Morgan fingerprint density at radius 3 is 2.72 bits per heavy atom. The van der Waals surface area contributed by atoms with Crippen molar-refractivity contribution in [3.8, 4) is 0 Å². The van der Waals surface area contributed by atoms with E-state index in [1.165, 1.54) is 4.90 Å². The highest BCUT2D eigenvalue weighted by Crippen LogP contribution is 2.20. The molecule has 1 heterocycles. The maximum Gasteiger partial charge on any atom is 0.408 e. The fourth-order valence-corrected chi connectivity index (χ4v) is 3.48. The average Bonchev–Trinajstić information content (AvgIpc) is 2.73. The Bertz CT molecular complexity index is 668. The van der Waals surface area contributed by atoms with Crippen molar-refractivity contribution in [1.29, 1.82) is 0 Å². The molecule has 0 aliphatic carbocycles. The minimum absolute atomic E-state index is 0.0126. The number of hydroxylamine groups is 1. The minimum Gasteiger partial charge on any atom is -0.465 e. The van der Waals surface area contributed by atoms with Crippen LogP contribution < -0.4 is 10.8 Å². The fourth-order valence-electron chi connectivity index (χ4n) is 3.48. The first-order valence-corrected chi connectivity index (χ1v) is 10.2. The molecule has 1 aromatic rings. The highest BCUT2D eigenvalue weighted by Gasteiger charge is 2.36. The van der Waals surface area contributed by atoms with Crippen LogP contribution in [0, 0.1) is 5.92 Å². The van der Waals surface area contributed by atoms with Gasteiger partial charge >= 0.3 is 6.09 Å². The first-order valence-electron chi connectivity index (χ1n) is 10.2. The number of carbonyl (C=O) groups is 3. The minimum atomic E-state index is -1.10. The average molecular weight is 405 g/mol. The summed E-state index contributed by atoms with van der Waals surface area (Å²) in [4.78, 5) is 43.4. The van der Waals surface area contributed by atoms with E-state index in [0.717, 1.165) is 24.8 Å². The van der Waals surface area contributed by atoms with Crippen molar-refractivity contribution in [3.63, 3.8) is 0 Å². The summed E-state index contributed by atoms with van der Waals surface area (Å²) in [6, 6.07) is 8.69. The van der Waals surface area contributed by atoms with Crippen LogP contribution in [0.2, 0.25) is 0 Å². The molecule has 8 nitrogen and oxygen atoms in total. The maximum absolute atomic E-state index is 13.1. The molecule has 1 aliphatic rings. The van der Waals surface area contributed by atoms with E-state index in [-0.39, 0.29) is 37.8 Å². The monoisotopic (exact) mass is 405 g/mol. The lowest BCUT2D eigenvalue weighted by atomic mass is 9.88. The van der Waals surface area contributed by atoms with E-state index in [4.69, 9.17) is 4.84 Å². The van der Waals surface area contributed by atoms with Gasteiger partial charge in [0.2, 0.25) is 5.91 Å². The van der Waals surface area contributed by atoms with Crippen LogP contribution in [0.5, 0.6) is 0 Å². The Hall–Kier alpha value is -2.45. The Morgan fingerprint density at radius 1 is 1.28 bits per heavy atom. The van der Waals surface area contributed by atoms with E-state index in [2.05, 4.69) is 17.7 Å². The van der Waals surface area contributed by atoms with Gasteiger partial charge in [0, 0.05) is 32.0 Å². The van der Waals surface area contributed by atoms with Gasteiger partial charge in [-0.1, -0.05) is 56.5 Å². The predicted molar refractivity (Wildman–Crippen MR) is 108 cm³/mol.